The van der Waals surface area contributed by atoms with Gasteiger partial charge in [-0.1, -0.05) is 12.1 Å². The zero-order valence-corrected chi connectivity index (χ0v) is 9.58. The van der Waals surface area contributed by atoms with Crippen molar-refractivity contribution in [2.45, 2.75) is 18.4 Å². The van der Waals surface area contributed by atoms with Gasteiger partial charge in [-0.3, -0.25) is 4.98 Å². The number of nitrogens with zero attached hydrogens (tertiary/aromatic N) is 1. The fourth-order valence-corrected chi connectivity index (χ4v) is 2.33. The maximum Gasteiger partial charge on any atom is 0.0476 e. The summed E-state index contributed by atoms with van der Waals surface area (Å²) in [7, 11) is 0. The van der Waals surface area contributed by atoms with E-state index in [1.54, 1.807) is 0 Å². The zero-order chi connectivity index (χ0) is 11.3. The molecule has 0 atom stereocenters. The van der Waals surface area contributed by atoms with Crippen LogP contribution in [-0.2, 0) is 5.54 Å². The molecule has 0 spiro atoms. The lowest BCUT2D eigenvalue weighted by Gasteiger charge is -2.38. The van der Waals surface area contributed by atoms with Crippen LogP contribution in [0.2, 0.25) is 0 Å². The topological polar surface area (TPSA) is 37.0 Å². The Kier molecular flexibility index (Phi) is 3.70. The second-order valence-electron chi connectivity index (χ2n) is 4.24. The van der Waals surface area contributed by atoms with Crippen molar-refractivity contribution in [1.29, 1.82) is 0 Å². The fourth-order valence-electron chi connectivity index (χ4n) is 2.33. The maximum absolute atomic E-state index is 4.23. The Hall–Kier alpha value is -1.19. The molecule has 86 valence electrons. The van der Waals surface area contributed by atoms with E-state index in [-0.39, 0.29) is 5.54 Å². The summed E-state index contributed by atoms with van der Waals surface area (Å²) in [5.41, 5.74) is 1.37. The van der Waals surface area contributed by atoms with Crippen LogP contribution >= 0.6 is 0 Å². The van der Waals surface area contributed by atoms with E-state index in [2.05, 4.69) is 28.3 Å². The first-order valence-corrected chi connectivity index (χ1v) is 5.84. The molecule has 0 aliphatic carbocycles. The number of pyridine rings is 1. The quantitative estimate of drug-likeness (QED) is 0.749. The Labute approximate surface area is 97.0 Å². The lowest BCUT2D eigenvalue weighted by atomic mass is 9.82. The number of rotatable bonds is 4. The average molecular weight is 217 g/mol. The number of hydrogen-bond donors (Lipinski definition) is 2. The third-order valence-corrected chi connectivity index (χ3v) is 3.26. The summed E-state index contributed by atoms with van der Waals surface area (Å²) >= 11 is 0. The Morgan fingerprint density at radius 2 is 2.31 bits per heavy atom. The molecule has 2 heterocycles. The number of piperidine rings is 1. The SMILES string of the molecule is C=CCNC1(c2cccnc2)CCNCC1. The molecule has 1 aliphatic heterocycles. The van der Waals surface area contributed by atoms with Gasteiger partial charge in [-0.2, -0.15) is 0 Å². The van der Waals surface area contributed by atoms with E-state index in [1.807, 2.05) is 24.5 Å². The highest BCUT2D eigenvalue weighted by molar-refractivity contribution is 5.22. The minimum Gasteiger partial charge on any atom is -0.317 e. The smallest absolute Gasteiger partial charge is 0.0476 e. The largest absolute Gasteiger partial charge is 0.317 e. The molecule has 0 amide bonds. The van der Waals surface area contributed by atoms with Gasteiger partial charge in [0.15, 0.2) is 0 Å². The van der Waals surface area contributed by atoms with E-state index in [1.165, 1.54) is 5.56 Å². The molecule has 2 N–H and O–H groups in total. The van der Waals surface area contributed by atoms with Crippen LogP contribution in [0.25, 0.3) is 0 Å². The Morgan fingerprint density at radius 1 is 1.50 bits per heavy atom. The van der Waals surface area contributed by atoms with Gasteiger partial charge >= 0.3 is 0 Å². The van der Waals surface area contributed by atoms with Crippen molar-refractivity contribution in [1.82, 2.24) is 15.6 Å². The second kappa shape index (κ2) is 5.23. The maximum atomic E-state index is 4.23. The Morgan fingerprint density at radius 3 is 2.94 bits per heavy atom. The molecule has 1 aliphatic rings. The molecule has 0 unspecified atom stereocenters. The molecule has 0 bridgehead atoms. The van der Waals surface area contributed by atoms with E-state index in [0.29, 0.717) is 0 Å². The van der Waals surface area contributed by atoms with E-state index < -0.39 is 0 Å². The van der Waals surface area contributed by atoms with Crippen LogP contribution in [0, 0.1) is 0 Å². The van der Waals surface area contributed by atoms with Gasteiger partial charge in [-0.15, -0.1) is 6.58 Å². The third-order valence-electron chi connectivity index (χ3n) is 3.26. The molecule has 0 saturated carbocycles. The van der Waals surface area contributed by atoms with Crippen LogP contribution in [0.15, 0.2) is 37.2 Å². The number of aromatic nitrogens is 1. The monoisotopic (exact) mass is 217 g/mol. The van der Waals surface area contributed by atoms with E-state index in [9.17, 15) is 0 Å². The molecule has 3 nitrogen and oxygen atoms in total. The molecular weight excluding hydrogens is 198 g/mol. The first kappa shape index (κ1) is 11.3. The highest BCUT2D eigenvalue weighted by atomic mass is 15.0. The van der Waals surface area contributed by atoms with E-state index >= 15 is 0 Å². The Balaban J connectivity index is 2.22. The van der Waals surface area contributed by atoms with Crippen LogP contribution in [0.1, 0.15) is 18.4 Å². The van der Waals surface area contributed by atoms with Gasteiger partial charge in [-0.25, -0.2) is 0 Å². The van der Waals surface area contributed by atoms with Gasteiger partial charge in [-0.05, 0) is 37.6 Å². The van der Waals surface area contributed by atoms with Gasteiger partial charge < -0.3 is 10.6 Å². The molecule has 2 rings (SSSR count). The van der Waals surface area contributed by atoms with Crippen molar-refractivity contribution in [2.75, 3.05) is 19.6 Å². The second-order valence-corrected chi connectivity index (χ2v) is 4.24. The van der Waals surface area contributed by atoms with Crippen LogP contribution < -0.4 is 10.6 Å². The summed E-state index contributed by atoms with van der Waals surface area (Å²) in [6.45, 7) is 6.73. The molecule has 1 aromatic heterocycles. The average Bonchev–Trinajstić information content (AvgIpc) is 2.38. The molecule has 1 saturated heterocycles. The van der Waals surface area contributed by atoms with Crippen LogP contribution in [-0.4, -0.2) is 24.6 Å². The van der Waals surface area contributed by atoms with Crippen molar-refractivity contribution < 1.29 is 0 Å². The summed E-state index contributed by atoms with van der Waals surface area (Å²) < 4.78 is 0. The predicted octanol–water partition coefficient (Wildman–Crippen LogP) is 1.44. The van der Waals surface area contributed by atoms with E-state index in [0.717, 1.165) is 32.5 Å². The summed E-state index contributed by atoms with van der Waals surface area (Å²) in [6.07, 6.45) is 7.92. The molecule has 16 heavy (non-hydrogen) atoms. The molecule has 1 aromatic rings. The first-order chi connectivity index (χ1) is 7.87. The zero-order valence-electron chi connectivity index (χ0n) is 9.58. The molecule has 1 fully saturated rings. The molecule has 3 heteroatoms. The van der Waals surface area contributed by atoms with Gasteiger partial charge in [0.05, 0.1) is 0 Å². The summed E-state index contributed by atoms with van der Waals surface area (Å²) in [5, 5.41) is 7.00. The summed E-state index contributed by atoms with van der Waals surface area (Å²) in [5.74, 6) is 0. The minimum absolute atomic E-state index is 0.0771. The van der Waals surface area contributed by atoms with Crippen molar-refractivity contribution in [2.24, 2.45) is 0 Å². The van der Waals surface area contributed by atoms with Crippen LogP contribution in [0.5, 0.6) is 0 Å². The van der Waals surface area contributed by atoms with Crippen molar-refractivity contribution in [3.8, 4) is 0 Å². The Bertz CT molecular complexity index is 328. The van der Waals surface area contributed by atoms with Crippen molar-refractivity contribution >= 4 is 0 Å². The molecule has 0 aromatic carbocycles. The highest BCUT2D eigenvalue weighted by Gasteiger charge is 2.32. The standard InChI is InChI=1S/C13H19N3/c1-2-7-16-13(5-9-14-10-6-13)12-4-3-8-15-11-12/h2-4,8,11,14,16H,1,5-7,9-10H2. The van der Waals surface area contributed by atoms with Gasteiger partial charge in [0.1, 0.15) is 0 Å². The molecule has 0 radical (unpaired) electrons. The minimum atomic E-state index is 0.0771. The number of hydrogen-bond acceptors (Lipinski definition) is 3. The van der Waals surface area contributed by atoms with E-state index in [4.69, 9.17) is 0 Å². The first-order valence-electron chi connectivity index (χ1n) is 5.84. The van der Waals surface area contributed by atoms with Gasteiger partial charge in [0.25, 0.3) is 0 Å². The number of nitrogens with one attached hydrogen (secondary N) is 2. The van der Waals surface area contributed by atoms with Crippen LogP contribution in [0.3, 0.4) is 0 Å². The van der Waals surface area contributed by atoms with Gasteiger partial charge in [0.2, 0.25) is 0 Å². The predicted molar refractivity (Wildman–Crippen MR) is 66.2 cm³/mol. The van der Waals surface area contributed by atoms with Gasteiger partial charge in [0, 0.05) is 24.5 Å². The highest BCUT2D eigenvalue weighted by Crippen LogP contribution is 2.29. The van der Waals surface area contributed by atoms with Crippen molar-refractivity contribution in [3.63, 3.8) is 0 Å². The fraction of sp³-hybridized carbons (Fsp3) is 0.462. The summed E-state index contributed by atoms with van der Waals surface area (Å²) in [4.78, 5) is 4.23. The van der Waals surface area contributed by atoms with Crippen LogP contribution in [0.4, 0.5) is 0 Å². The van der Waals surface area contributed by atoms with Crippen molar-refractivity contribution in [3.05, 3.63) is 42.7 Å². The third kappa shape index (κ3) is 2.31. The lowest BCUT2D eigenvalue weighted by molar-refractivity contribution is 0.254. The lowest BCUT2D eigenvalue weighted by Crippen LogP contribution is -2.50. The normalized spacial score (nSPS) is 19.2. The molecular formula is C13H19N3. The summed E-state index contributed by atoms with van der Waals surface area (Å²) in [6, 6.07) is 4.17.